The first kappa shape index (κ1) is 22.8. The van der Waals surface area contributed by atoms with Crippen LogP contribution in [0.15, 0.2) is 72.8 Å². The van der Waals surface area contributed by atoms with Gasteiger partial charge in [0.15, 0.2) is 0 Å². The van der Waals surface area contributed by atoms with Crippen LogP contribution in [0.25, 0.3) is 0 Å². The van der Waals surface area contributed by atoms with Crippen LogP contribution in [0.2, 0.25) is 0 Å². The molecule has 2 saturated heterocycles. The van der Waals surface area contributed by atoms with Gasteiger partial charge in [0.25, 0.3) is 0 Å². The average molecular weight is 461 g/mol. The maximum absolute atomic E-state index is 13.2. The van der Waals surface area contributed by atoms with Gasteiger partial charge in [-0.05, 0) is 0 Å². The number of amides is 2. The van der Waals surface area contributed by atoms with Crippen LogP contribution in [0.5, 0.6) is 0 Å². The maximum Gasteiger partial charge on any atom is 0.231 e. The zero-order valence-corrected chi connectivity index (χ0v) is 19.9. The second-order valence-corrected chi connectivity index (χ2v) is 10.0. The summed E-state index contributed by atoms with van der Waals surface area (Å²) in [5.41, 5.74) is 3.49. The van der Waals surface area contributed by atoms with E-state index in [1.807, 2.05) is 21.9 Å². The standard InChI is InChI=1S/C28H34N4O2/c1-22-25(27(33)31-16-12-29(13-17-31)20-23-8-4-2-5-9-23)26(22)28(34)32-18-14-30(15-19-32)21-24-10-6-3-7-11-24/h2-11,25-26H,1,12-21H2/p+2. The summed E-state index contributed by atoms with van der Waals surface area (Å²) in [5, 5.41) is 0. The number of rotatable bonds is 6. The fourth-order valence-electron chi connectivity index (χ4n) is 5.52. The summed E-state index contributed by atoms with van der Waals surface area (Å²) >= 11 is 0. The molecule has 2 atom stereocenters. The summed E-state index contributed by atoms with van der Waals surface area (Å²) in [6.45, 7) is 12.9. The van der Waals surface area contributed by atoms with E-state index in [9.17, 15) is 9.59 Å². The molecule has 1 saturated carbocycles. The van der Waals surface area contributed by atoms with Crippen LogP contribution in [-0.4, -0.2) is 74.0 Å². The van der Waals surface area contributed by atoms with Crippen molar-refractivity contribution in [1.82, 2.24) is 9.80 Å². The number of nitrogens with zero attached hydrogens (tertiary/aromatic N) is 2. The summed E-state index contributed by atoms with van der Waals surface area (Å²) in [6, 6.07) is 21.1. The number of quaternary nitrogens is 2. The summed E-state index contributed by atoms with van der Waals surface area (Å²) in [7, 11) is 0. The Hall–Kier alpha value is -2.96. The summed E-state index contributed by atoms with van der Waals surface area (Å²) in [4.78, 5) is 33.3. The fraction of sp³-hybridized carbons (Fsp3) is 0.429. The van der Waals surface area contributed by atoms with E-state index in [-0.39, 0.29) is 23.7 Å². The van der Waals surface area contributed by atoms with E-state index < -0.39 is 0 Å². The first-order valence-corrected chi connectivity index (χ1v) is 12.6. The largest absolute Gasteiger partial charge is 0.331 e. The van der Waals surface area contributed by atoms with E-state index in [0.717, 1.165) is 71.0 Å². The molecule has 2 unspecified atom stereocenters. The van der Waals surface area contributed by atoms with Crippen LogP contribution >= 0.6 is 0 Å². The van der Waals surface area contributed by atoms with Crippen LogP contribution in [0.4, 0.5) is 0 Å². The molecule has 0 bridgehead atoms. The minimum atomic E-state index is -0.308. The highest BCUT2D eigenvalue weighted by atomic mass is 16.2. The number of hydrogen-bond donors (Lipinski definition) is 2. The van der Waals surface area contributed by atoms with E-state index in [1.54, 1.807) is 0 Å². The Balaban J connectivity index is 1.08. The van der Waals surface area contributed by atoms with Gasteiger partial charge < -0.3 is 19.6 Å². The van der Waals surface area contributed by atoms with Crippen LogP contribution in [-0.2, 0) is 22.7 Å². The van der Waals surface area contributed by atoms with Crippen molar-refractivity contribution in [2.45, 2.75) is 13.1 Å². The highest BCUT2D eigenvalue weighted by Gasteiger charge is 2.55. The molecule has 0 radical (unpaired) electrons. The quantitative estimate of drug-likeness (QED) is 0.579. The van der Waals surface area contributed by atoms with Gasteiger partial charge in [0.2, 0.25) is 11.8 Å². The third kappa shape index (κ3) is 5.08. The lowest BCUT2D eigenvalue weighted by molar-refractivity contribution is -0.917. The van der Waals surface area contributed by atoms with Crippen molar-refractivity contribution in [3.8, 4) is 0 Å². The van der Waals surface area contributed by atoms with Gasteiger partial charge in [0.1, 0.15) is 13.1 Å². The lowest BCUT2D eigenvalue weighted by Gasteiger charge is -2.33. The normalized spacial score (nSPS) is 23.7. The SMILES string of the molecule is C=C1C(C(=O)N2CC[NH+](Cc3ccccc3)CC2)C1C(=O)N1CC[NH+](Cc2ccccc2)CC1. The molecule has 34 heavy (non-hydrogen) atoms. The van der Waals surface area contributed by atoms with E-state index in [0.29, 0.717) is 0 Å². The number of benzene rings is 2. The third-order valence-corrected chi connectivity index (χ3v) is 7.71. The molecule has 0 aromatic heterocycles. The molecule has 1 aliphatic carbocycles. The molecule has 5 rings (SSSR count). The molecule has 0 spiro atoms. The van der Waals surface area contributed by atoms with Crippen molar-refractivity contribution in [1.29, 1.82) is 0 Å². The van der Waals surface area contributed by atoms with Crippen LogP contribution in [0.1, 0.15) is 11.1 Å². The minimum absolute atomic E-state index is 0.107. The summed E-state index contributed by atoms with van der Waals surface area (Å²) in [6.07, 6.45) is 0. The number of hydrogen-bond acceptors (Lipinski definition) is 2. The zero-order valence-electron chi connectivity index (χ0n) is 19.9. The highest BCUT2D eigenvalue weighted by molar-refractivity contribution is 5.99. The Morgan fingerprint density at radius 2 is 1.03 bits per heavy atom. The monoisotopic (exact) mass is 460 g/mol. The maximum atomic E-state index is 13.2. The Bertz CT molecular complexity index is 928. The molecule has 2 N–H and O–H groups in total. The summed E-state index contributed by atoms with van der Waals surface area (Å²) < 4.78 is 0. The Morgan fingerprint density at radius 3 is 1.38 bits per heavy atom. The van der Waals surface area contributed by atoms with E-state index >= 15 is 0 Å². The second-order valence-electron chi connectivity index (χ2n) is 10.0. The zero-order chi connectivity index (χ0) is 23.5. The van der Waals surface area contributed by atoms with Crippen molar-refractivity contribution >= 4 is 11.8 Å². The van der Waals surface area contributed by atoms with Crippen molar-refractivity contribution < 1.29 is 19.4 Å². The lowest BCUT2D eigenvalue weighted by atomic mass is 10.1. The number of nitrogens with one attached hydrogen (secondary N) is 2. The molecule has 2 aromatic carbocycles. The predicted molar refractivity (Wildman–Crippen MR) is 131 cm³/mol. The summed E-state index contributed by atoms with van der Waals surface area (Å²) in [5.74, 6) is -0.401. The second kappa shape index (κ2) is 10.1. The number of carbonyl (C=O) groups is 2. The lowest BCUT2D eigenvalue weighted by Crippen LogP contribution is -3.13. The molecule has 2 aromatic rings. The molecule has 6 heteroatoms. The highest BCUT2D eigenvalue weighted by Crippen LogP contribution is 2.46. The van der Waals surface area contributed by atoms with E-state index in [4.69, 9.17) is 0 Å². The van der Waals surface area contributed by atoms with Crippen molar-refractivity contribution in [3.05, 3.63) is 83.9 Å². The van der Waals surface area contributed by atoms with Crippen molar-refractivity contribution in [2.24, 2.45) is 11.8 Å². The first-order chi connectivity index (χ1) is 16.6. The van der Waals surface area contributed by atoms with Crippen LogP contribution < -0.4 is 9.80 Å². The molecule has 3 aliphatic rings. The molecule has 178 valence electrons. The fourth-order valence-corrected chi connectivity index (χ4v) is 5.52. The predicted octanol–water partition coefficient (Wildman–Crippen LogP) is -0.357. The van der Waals surface area contributed by atoms with Crippen molar-refractivity contribution in [3.63, 3.8) is 0 Å². The molecule has 3 fully saturated rings. The Kier molecular flexibility index (Phi) is 6.79. The molecular weight excluding hydrogens is 424 g/mol. The number of carbonyl (C=O) groups excluding carboxylic acids is 2. The van der Waals surface area contributed by atoms with Crippen LogP contribution in [0.3, 0.4) is 0 Å². The van der Waals surface area contributed by atoms with Gasteiger partial charge in [-0.25, -0.2) is 0 Å². The topological polar surface area (TPSA) is 49.5 Å². The van der Waals surface area contributed by atoms with Crippen LogP contribution in [0, 0.1) is 11.8 Å². The smallest absolute Gasteiger partial charge is 0.231 e. The van der Waals surface area contributed by atoms with Gasteiger partial charge in [-0.2, -0.15) is 0 Å². The van der Waals surface area contributed by atoms with Gasteiger partial charge >= 0.3 is 0 Å². The van der Waals surface area contributed by atoms with Gasteiger partial charge in [0, 0.05) is 11.1 Å². The Morgan fingerprint density at radius 1 is 0.676 bits per heavy atom. The molecule has 2 amide bonds. The Labute approximate surface area is 202 Å². The minimum Gasteiger partial charge on any atom is -0.331 e. The van der Waals surface area contributed by atoms with Gasteiger partial charge in [-0.1, -0.05) is 72.8 Å². The van der Waals surface area contributed by atoms with Crippen molar-refractivity contribution in [2.75, 3.05) is 52.4 Å². The number of piperazine rings is 2. The van der Waals surface area contributed by atoms with E-state index in [1.165, 1.54) is 20.9 Å². The molecule has 6 nitrogen and oxygen atoms in total. The molecule has 2 heterocycles. The molecule has 2 aliphatic heterocycles. The van der Waals surface area contributed by atoms with Gasteiger partial charge in [-0.15, -0.1) is 0 Å². The first-order valence-electron chi connectivity index (χ1n) is 12.6. The van der Waals surface area contributed by atoms with Gasteiger partial charge in [0.05, 0.1) is 64.2 Å². The van der Waals surface area contributed by atoms with E-state index in [2.05, 4.69) is 55.1 Å². The third-order valence-electron chi connectivity index (χ3n) is 7.71. The average Bonchev–Trinajstić information content (AvgIpc) is 3.56. The molecular formula is C28H36N4O2+2. The van der Waals surface area contributed by atoms with Gasteiger partial charge in [-0.3, -0.25) is 9.59 Å².